The molecular formula is C10H18. The van der Waals surface area contributed by atoms with Gasteiger partial charge in [-0.1, -0.05) is 33.1 Å². The van der Waals surface area contributed by atoms with Crippen LogP contribution in [0.5, 0.6) is 0 Å². The highest BCUT2D eigenvalue weighted by Gasteiger charge is 2.54. The van der Waals surface area contributed by atoms with Crippen molar-refractivity contribution in [2.75, 3.05) is 0 Å². The van der Waals surface area contributed by atoms with Crippen molar-refractivity contribution in [1.82, 2.24) is 0 Å². The summed E-state index contributed by atoms with van der Waals surface area (Å²) in [5, 5.41) is 0. The summed E-state index contributed by atoms with van der Waals surface area (Å²) in [7, 11) is 0. The quantitative estimate of drug-likeness (QED) is 0.550. The Labute approximate surface area is 64.0 Å². The first-order chi connectivity index (χ1) is 4.84. The number of hydrogen-bond donors (Lipinski definition) is 0. The summed E-state index contributed by atoms with van der Waals surface area (Å²) < 4.78 is 0. The van der Waals surface area contributed by atoms with Crippen LogP contribution in [0.1, 0.15) is 39.5 Å². The Hall–Kier alpha value is 0. The van der Waals surface area contributed by atoms with Gasteiger partial charge in [-0.05, 0) is 30.1 Å². The third kappa shape index (κ3) is 0.810. The zero-order chi connectivity index (χ0) is 7.14. The van der Waals surface area contributed by atoms with Crippen LogP contribution in [0.15, 0.2) is 0 Å². The molecule has 2 aliphatic rings. The Balaban J connectivity index is 1.87. The van der Waals surface area contributed by atoms with E-state index in [4.69, 9.17) is 0 Å². The Kier molecular flexibility index (Phi) is 1.51. The van der Waals surface area contributed by atoms with Crippen LogP contribution in [0, 0.1) is 23.7 Å². The van der Waals surface area contributed by atoms with Gasteiger partial charge in [0.1, 0.15) is 0 Å². The second-order valence-electron chi connectivity index (χ2n) is 4.25. The van der Waals surface area contributed by atoms with Crippen LogP contribution in [0.25, 0.3) is 0 Å². The summed E-state index contributed by atoms with van der Waals surface area (Å²) in [6, 6.07) is 0. The first kappa shape index (κ1) is 6.69. The van der Waals surface area contributed by atoms with Crippen LogP contribution < -0.4 is 0 Å². The zero-order valence-corrected chi connectivity index (χ0v) is 7.14. The lowest BCUT2D eigenvalue weighted by Crippen LogP contribution is -1.96. The molecule has 0 aromatic carbocycles. The maximum atomic E-state index is 2.44. The largest absolute Gasteiger partial charge is 0.0654 e. The lowest BCUT2D eigenvalue weighted by atomic mass is 10.00. The molecule has 0 bridgehead atoms. The molecule has 0 aliphatic heterocycles. The van der Waals surface area contributed by atoms with Gasteiger partial charge < -0.3 is 0 Å². The lowest BCUT2D eigenvalue weighted by Gasteiger charge is -2.06. The van der Waals surface area contributed by atoms with Gasteiger partial charge in [0.2, 0.25) is 0 Å². The Morgan fingerprint density at radius 2 is 2.10 bits per heavy atom. The molecule has 0 heterocycles. The standard InChI is InChI=1S/C10H18/c1-3-4-8-9-6-5-7(2)10(8)9/h7-10H,3-6H2,1-2H3/t7-,8+,9+,10-/m1/s1. The van der Waals surface area contributed by atoms with Crippen molar-refractivity contribution in [3.63, 3.8) is 0 Å². The molecule has 58 valence electrons. The predicted octanol–water partition coefficient (Wildman–Crippen LogP) is 3.08. The van der Waals surface area contributed by atoms with Crippen molar-refractivity contribution >= 4 is 0 Å². The maximum Gasteiger partial charge on any atom is -0.0326 e. The average molecular weight is 138 g/mol. The minimum atomic E-state index is 1.07. The molecule has 0 aromatic heterocycles. The van der Waals surface area contributed by atoms with Crippen LogP contribution in [-0.4, -0.2) is 0 Å². The molecule has 0 nitrogen and oxygen atoms in total. The smallest absolute Gasteiger partial charge is 0.0326 e. The molecule has 0 aromatic rings. The molecule has 0 unspecified atom stereocenters. The van der Waals surface area contributed by atoms with Crippen molar-refractivity contribution in [3.05, 3.63) is 0 Å². The molecule has 2 rings (SSSR count). The zero-order valence-electron chi connectivity index (χ0n) is 7.14. The van der Waals surface area contributed by atoms with Gasteiger partial charge in [-0.15, -0.1) is 0 Å². The fraction of sp³-hybridized carbons (Fsp3) is 1.00. The van der Waals surface area contributed by atoms with Gasteiger partial charge in [0.25, 0.3) is 0 Å². The second-order valence-corrected chi connectivity index (χ2v) is 4.25. The summed E-state index contributed by atoms with van der Waals surface area (Å²) in [5.74, 6) is 4.57. The average Bonchev–Trinajstić information content (AvgIpc) is 2.45. The van der Waals surface area contributed by atoms with E-state index in [1.807, 2.05) is 0 Å². The van der Waals surface area contributed by atoms with Gasteiger partial charge in [0.05, 0.1) is 0 Å². The van der Waals surface area contributed by atoms with Gasteiger partial charge in [-0.2, -0.15) is 0 Å². The molecule has 0 saturated heterocycles. The summed E-state index contributed by atoms with van der Waals surface area (Å²) in [5.41, 5.74) is 0. The third-order valence-electron chi connectivity index (χ3n) is 3.63. The maximum absolute atomic E-state index is 2.44. The lowest BCUT2D eigenvalue weighted by molar-refractivity contribution is 0.449. The molecule has 0 spiro atoms. The summed E-state index contributed by atoms with van der Waals surface area (Å²) in [6.45, 7) is 4.76. The predicted molar refractivity (Wildman–Crippen MR) is 43.8 cm³/mol. The highest BCUT2D eigenvalue weighted by Crippen LogP contribution is 2.61. The first-order valence-corrected chi connectivity index (χ1v) is 4.84. The summed E-state index contributed by atoms with van der Waals surface area (Å²) in [4.78, 5) is 0. The monoisotopic (exact) mass is 138 g/mol. The minimum absolute atomic E-state index is 1.07. The van der Waals surface area contributed by atoms with Crippen LogP contribution in [0.2, 0.25) is 0 Å². The van der Waals surface area contributed by atoms with Crippen molar-refractivity contribution in [2.24, 2.45) is 23.7 Å². The van der Waals surface area contributed by atoms with Crippen molar-refractivity contribution < 1.29 is 0 Å². The van der Waals surface area contributed by atoms with Gasteiger partial charge in [0, 0.05) is 0 Å². The molecule has 10 heavy (non-hydrogen) atoms. The Morgan fingerprint density at radius 3 is 2.60 bits per heavy atom. The van der Waals surface area contributed by atoms with E-state index in [9.17, 15) is 0 Å². The fourth-order valence-corrected chi connectivity index (χ4v) is 3.11. The normalized spacial score (nSPS) is 51.0. The van der Waals surface area contributed by atoms with E-state index in [1.54, 1.807) is 6.42 Å². The summed E-state index contributed by atoms with van der Waals surface area (Å²) >= 11 is 0. The minimum Gasteiger partial charge on any atom is -0.0654 e. The highest BCUT2D eigenvalue weighted by molar-refractivity contribution is 5.03. The first-order valence-electron chi connectivity index (χ1n) is 4.84. The van der Waals surface area contributed by atoms with Gasteiger partial charge in [0.15, 0.2) is 0 Å². The van der Waals surface area contributed by atoms with Crippen LogP contribution in [-0.2, 0) is 0 Å². The van der Waals surface area contributed by atoms with Crippen LogP contribution >= 0.6 is 0 Å². The number of fused-ring (bicyclic) bond motifs is 1. The molecule has 0 amide bonds. The van der Waals surface area contributed by atoms with Crippen LogP contribution in [0.3, 0.4) is 0 Å². The van der Waals surface area contributed by atoms with Crippen molar-refractivity contribution in [3.8, 4) is 0 Å². The Morgan fingerprint density at radius 1 is 1.30 bits per heavy atom. The number of hydrogen-bond acceptors (Lipinski definition) is 0. The highest BCUT2D eigenvalue weighted by atomic mass is 14.6. The van der Waals surface area contributed by atoms with E-state index in [0.29, 0.717) is 0 Å². The second kappa shape index (κ2) is 2.25. The van der Waals surface area contributed by atoms with Crippen molar-refractivity contribution in [1.29, 1.82) is 0 Å². The molecule has 2 saturated carbocycles. The van der Waals surface area contributed by atoms with Crippen molar-refractivity contribution in [2.45, 2.75) is 39.5 Å². The molecule has 2 aliphatic carbocycles. The summed E-state index contributed by atoms with van der Waals surface area (Å²) in [6.07, 6.45) is 6.00. The van der Waals surface area contributed by atoms with E-state index in [1.165, 1.54) is 31.1 Å². The van der Waals surface area contributed by atoms with E-state index in [0.717, 1.165) is 11.8 Å². The molecule has 0 N–H and O–H groups in total. The van der Waals surface area contributed by atoms with E-state index in [-0.39, 0.29) is 0 Å². The van der Waals surface area contributed by atoms with Crippen LogP contribution in [0.4, 0.5) is 0 Å². The topological polar surface area (TPSA) is 0 Å². The molecular weight excluding hydrogens is 120 g/mol. The van der Waals surface area contributed by atoms with E-state index >= 15 is 0 Å². The van der Waals surface area contributed by atoms with E-state index in [2.05, 4.69) is 13.8 Å². The Bertz CT molecular complexity index is 128. The third-order valence-corrected chi connectivity index (χ3v) is 3.63. The fourth-order valence-electron chi connectivity index (χ4n) is 3.11. The van der Waals surface area contributed by atoms with E-state index < -0.39 is 0 Å². The molecule has 0 heteroatoms. The van der Waals surface area contributed by atoms with Gasteiger partial charge in [-0.3, -0.25) is 0 Å². The van der Waals surface area contributed by atoms with Gasteiger partial charge >= 0.3 is 0 Å². The molecule has 2 fully saturated rings. The number of rotatable bonds is 2. The SMILES string of the molecule is CCC[C@H]1[C@@H]2CC[C@@H](C)[C@H]12. The van der Waals surface area contributed by atoms with Gasteiger partial charge in [-0.25, -0.2) is 0 Å². The molecule has 0 radical (unpaired) electrons. The molecule has 4 atom stereocenters.